The van der Waals surface area contributed by atoms with Crippen molar-refractivity contribution < 1.29 is 0 Å². The molecule has 102 valence electrons. The molecule has 0 saturated heterocycles. The van der Waals surface area contributed by atoms with E-state index >= 15 is 0 Å². The highest BCUT2D eigenvalue weighted by atomic mass is 15.2. The summed E-state index contributed by atoms with van der Waals surface area (Å²) in [5.74, 6) is 2.22. The first-order valence-electron chi connectivity index (χ1n) is 6.99. The summed E-state index contributed by atoms with van der Waals surface area (Å²) in [6, 6.07) is 0.502. The van der Waals surface area contributed by atoms with E-state index in [1.165, 1.54) is 19.3 Å². The number of rotatable bonds is 4. The average Bonchev–Trinajstić information content (AvgIpc) is 3.00. The summed E-state index contributed by atoms with van der Waals surface area (Å²) in [5.41, 5.74) is 0.777. The summed E-state index contributed by atoms with van der Waals surface area (Å²) in [5, 5.41) is 14.7. The molecule has 0 amide bonds. The van der Waals surface area contributed by atoms with Gasteiger partial charge in [-0.1, -0.05) is 13.3 Å². The van der Waals surface area contributed by atoms with E-state index in [4.69, 9.17) is 0 Å². The molecule has 1 aliphatic rings. The molecule has 2 heterocycles. The van der Waals surface area contributed by atoms with Crippen LogP contribution in [0.5, 0.6) is 0 Å². The lowest BCUT2D eigenvalue weighted by atomic mass is 10.1. The van der Waals surface area contributed by atoms with E-state index in [1.807, 2.05) is 6.92 Å². The Hall–Kier alpha value is -1.85. The standard InChI is InChI=1S/C13H20N6/c1-3-14-13-17-11(9-7-15-19-12(9)18-13)16-10-6-4-5-8(10)2/h7-8,10H,3-6H2,1-2H3,(H3,14,15,16,17,18,19). The molecule has 0 aliphatic heterocycles. The number of aromatic nitrogens is 4. The van der Waals surface area contributed by atoms with Gasteiger partial charge in [0.05, 0.1) is 11.6 Å². The first-order chi connectivity index (χ1) is 9.28. The first-order valence-corrected chi connectivity index (χ1v) is 6.99. The van der Waals surface area contributed by atoms with Gasteiger partial charge in [0.15, 0.2) is 5.65 Å². The largest absolute Gasteiger partial charge is 0.366 e. The topological polar surface area (TPSA) is 78.5 Å². The van der Waals surface area contributed by atoms with Crippen LogP contribution >= 0.6 is 0 Å². The van der Waals surface area contributed by atoms with Crippen molar-refractivity contribution in [1.29, 1.82) is 0 Å². The third kappa shape index (κ3) is 2.34. The molecule has 3 rings (SSSR count). The average molecular weight is 260 g/mol. The lowest BCUT2D eigenvalue weighted by Crippen LogP contribution is -2.23. The van der Waals surface area contributed by atoms with Crippen LogP contribution in [0.25, 0.3) is 11.0 Å². The minimum absolute atomic E-state index is 0.502. The highest BCUT2D eigenvalue weighted by molar-refractivity contribution is 5.87. The summed E-state index contributed by atoms with van der Waals surface area (Å²) in [7, 11) is 0. The molecule has 2 unspecified atom stereocenters. The molecule has 1 fully saturated rings. The van der Waals surface area contributed by atoms with Crippen LogP contribution in [0.3, 0.4) is 0 Å². The van der Waals surface area contributed by atoms with Gasteiger partial charge in [0.1, 0.15) is 5.82 Å². The minimum atomic E-state index is 0.502. The Morgan fingerprint density at radius 1 is 1.37 bits per heavy atom. The lowest BCUT2D eigenvalue weighted by Gasteiger charge is -2.18. The molecule has 0 aromatic carbocycles. The Morgan fingerprint density at radius 2 is 2.26 bits per heavy atom. The van der Waals surface area contributed by atoms with Crippen molar-refractivity contribution in [2.45, 2.75) is 39.2 Å². The fourth-order valence-electron chi connectivity index (χ4n) is 2.72. The molecule has 2 atom stereocenters. The van der Waals surface area contributed by atoms with Gasteiger partial charge in [-0.25, -0.2) is 0 Å². The number of nitrogens with one attached hydrogen (secondary N) is 3. The van der Waals surface area contributed by atoms with Crippen molar-refractivity contribution in [3.05, 3.63) is 6.20 Å². The Morgan fingerprint density at radius 3 is 3.00 bits per heavy atom. The molecule has 19 heavy (non-hydrogen) atoms. The number of hydrogen-bond acceptors (Lipinski definition) is 5. The number of H-pyrrole nitrogens is 1. The molecular weight excluding hydrogens is 240 g/mol. The Labute approximate surface area is 112 Å². The molecule has 3 N–H and O–H groups in total. The highest BCUT2D eigenvalue weighted by Crippen LogP contribution is 2.29. The van der Waals surface area contributed by atoms with Crippen LogP contribution in [0.15, 0.2) is 6.20 Å². The molecule has 1 aliphatic carbocycles. The van der Waals surface area contributed by atoms with Crippen molar-refractivity contribution in [2.24, 2.45) is 5.92 Å². The number of nitrogens with zero attached hydrogens (tertiary/aromatic N) is 3. The first kappa shape index (κ1) is 12.2. The maximum atomic E-state index is 4.57. The Kier molecular flexibility index (Phi) is 3.23. The lowest BCUT2D eigenvalue weighted by molar-refractivity contribution is 0.555. The van der Waals surface area contributed by atoms with Crippen molar-refractivity contribution in [1.82, 2.24) is 20.2 Å². The zero-order valence-electron chi connectivity index (χ0n) is 11.4. The number of hydrogen-bond donors (Lipinski definition) is 3. The van der Waals surface area contributed by atoms with Gasteiger partial charge in [-0.05, 0) is 25.7 Å². The van der Waals surface area contributed by atoms with Gasteiger partial charge in [-0.2, -0.15) is 15.1 Å². The van der Waals surface area contributed by atoms with E-state index in [0.717, 1.165) is 23.4 Å². The summed E-state index contributed by atoms with van der Waals surface area (Å²) >= 11 is 0. The van der Waals surface area contributed by atoms with E-state index in [0.29, 0.717) is 17.9 Å². The second kappa shape index (κ2) is 5.03. The SMILES string of the molecule is CCNc1nc(NC2CCCC2C)c2cn[nH]c2n1. The van der Waals surface area contributed by atoms with Crippen molar-refractivity contribution in [3.8, 4) is 0 Å². The van der Waals surface area contributed by atoms with E-state index in [-0.39, 0.29) is 0 Å². The van der Waals surface area contributed by atoms with Crippen LogP contribution in [0, 0.1) is 5.92 Å². The van der Waals surface area contributed by atoms with Gasteiger partial charge in [-0.15, -0.1) is 0 Å². The highest BCUT2D eigenvalue weighted by Gasteiger charge is 2.24. The van der Waals surface area contributed by atoms with Gasteiger partial charge in [-0.3, -0.25) is 5.10 Å². The van der Waals surface area contributed by atoms with Crippen LogP contribution < -0.4 is 10.6 Å². The molecule has 6 nitrogen and oxygen atoms in total. The maximum Gasteiger partial charge on any atom is 0.226 e. The molecule has 2 aromatic heterocycles. The van der Waals surface area contributed by atoms with E-state index in [1.54, 1.807) is 6.20 Å². The molecule has 0 spiro atoms. The van der Waals surface area contributed by atoms with Crippen LogP contribution in [-0.2, 0) is 0 Å². The quantitative estimate of drug-likeness (QED) is 0.786. The van der Waals surface area contributed by atoms with Crippen molar-refractivity contribution in [2.75, 3.05) is 17.2 Å². The van der Waals surface area contributed by atoms with Gasteiger partial charge in [0, 0.05) is 12.6 Å². The summed E-state index contributed by atoms with van der Waals surface area (Å²) in [6.45, 7) is 5.13. The van der Waals surface area contributed by atoms with E-state index < -0.39 is 0 Å². The zero-order chi connectivity index (χ0) is 13.2. The minimum Gasteiger partial charge on any atom is -0.366 e. The fourth-order valence-corrected chi connectivity index (χ4v) is 2.72. The maximum absolute atomic E-state index is 4.57. The van der Waals surface area contributed by atoms with Crippen LogP contribution in [0.4, 0.5) is 11.8 Å². The van der Waals surface area contributed by atoms with Gasteiger partial charge >= 0.3 is 0 Å². The molecule has 2 aromatic rings. The monoisotopic (exact) mass is 260 g/mol. The van der Waals surface area contributed by atoms with Gasteiger partial charge < -0.3 is 10.6 Å². The third-order valence-corrected chi connectivity index (χ3v) is 3.83. The molecule has 0 radical (unpaired) electrons. The zero-order valence-corrected chi connectivity index (χ0v) is 11.4. The molecular formula is C13H20N6. The normalized spacial score (nSPS) is 22.8. The summed E-state index contributed by atoms with van der Waals surface area (Å²) in [6.07, 6.45) is 5.57. The number of anilines is 2. The van der Waals surface area contributed by atoms with Gasteiger partial charge in [0.2, 0.25) is 5.95 Å². The molecule has 6 heteroatoms. The predicted octanol–water partition coefficient (Wildman–Crippen LogP) is 2.39. The van der Waals surface area contributed by atoms with E-state index in [9.17, 15) is 0 Å². The summed E-state index contributed by atoms with van der Waals surface area (Å²) in [4.78, 5) is 8.97. The summed E-state index contributed by atoms with van der Waals surface area (Å²) < 4.78 is 0. The van der Waals surface area contributed by atoms with Crippen molar-refractivity contribution >= 4 is 22.8 Å². The third-order valence-electron chi connectivity index (χ3n) is 3.83. The predicted molar refractivity (Wildman–Crippen MR) is 76.3 cm³/mol. The molecule has 0 bridgehead atoms. The van der Waals surface area contributed by atoms with Gasteiger partial charge in [0.25, 0.3) is 0 Å². The van der Waals surface area contributed by atoms with Crippen LogP contribution in [-0.4, -0.2) is 32.8 Å². The Bertz CT molecular complexity index is 563. The van der Waals surface area contributed by atoms with E-state index in [2.05, 4.69) is 37.7 Å². The fraction of sp³-hybridized carbons (Fsp3) is 0.615. The second-order valence-electron chi connectivity index (χ2n) is 5.22. The second-order valence-corrected chi connectivity index (χ2v) is 5.22. The van der Waals surface area contributed by atoms with Crippen molar-refractivity contribution in [3.63, 3.8) is 0 Å². The smallest absolute Gasteiger partial charge is 0.226 e. The molecule has 1 saturated carbocycles. The van der Waals surface area contributed by atoms with Crippen LogP contribution in [0.1, 0.15) is 33.1 Å². The number of aromatic amines is 1. The number of fused-ring (bicyclic) bond motifs is 1. The Balaban J connectivity index is 1.93. The van der Waals surface area contributed by atoms with Crippen LogP contribution in [0.2, 0.25) is 0 Å².